The Hall–Kier alpha value is -2.43. The molecule has 0 amide bonds. The van der Waals surface area contributed by atoms with Crippen molar-refractivity contribution in [2.45, 2.75) is 92.0 Å². The van der Waals surface area contributed by atoms with E-state index < -0.39 is 11.9 Å². The standard InChI is InChI=1S/C26H37NO4/c1-19(11-14-23-20(2)9-7-15-26(23,3)4)8-5-6-10-22-13-12-21(16-24(28)29)17-27(22)18-25(30)31/h8,12-13,17H,5-7,9-11,14-16,18H2,1-4H3,(H-,28,29,30,31)/p+1/b19-8+. The first-order valence-electron chi connectivity index (χ1n) is 11.4. The summed E-state index contributed by atoms with van der Waals surface area (Å²) in [5.41, 5.74) is 6.50. The molecule has 1 heterocycles. The van der Waals surface area contributed by atoms with Crippen LogP contribution in [0.1, 0.15) is 83.9 Å². The highest BCUT2D eigenvalue weighted by atomic mass is 16.4. The molecule has 0 saturated heterocycles. The Morgan fingerprint density at radius 3 is 2.55 bits per heavy atom. The first-order chi connectivity index (χ1) is 14.6. The lowest BCUT2D eigenvalue weighted by atomic mass is 9.71. The minimum absolute atomic E-state index is 0.103. The van der Waals surface area contributed by atoms with Gasteiger partial charge in [0.1, 0.15) is 0 Å². The molecular formula is C26H38NO4+. The summed E-state index contributed by atoms with van der Waals surface area (Å²) >= 11 is 0. The van der Waals surface area contributed by atoms with Crippen molar-refractivity contribution in [2.75, 3.05) is 0 Å². The van der Waals surface area contributed by atoms with Crippen LogP contribution in [0.25, 0.3) is 0 Å². The molecule has 2 N–H and O–H groups in total. The van der Waals surface area contributed by atoms with Crippen LogP contribution in [0.5, 0.6) is 0 Å². The van der Waals surface area contributed by atoms with Gasteiger partial charge in [0.25, 0.3) is 0 Å². The van der Waals surface area contributed by atoms with E-state index in [9.17, 15) is 14.7 Å². The van der Waals surface area contributed by atoms with E-state index in [2.05, 4.69) is 33.8 Å². The Morgan fingerprint density at radius 2 is 1.90 bits per heavy atom. The Kier molecular flexibility index (Phi) is 9.02. The SMILES string of the molecule is CC1=C(CC/C(C)=C/CCCc2ccc(CC(=O)O)c[n+]2CC(=O)O)C(C)(C)CCC1. The third-order valence-corrected chi connectivity index (χ3v) is 6.43. The largest absolute Gasteiger partial charge is 0.481 e. The van der Waals surface area contributed by atoms with Gasteiger partial charge in [0.05, 0.1) is 6.42 Å². The van der Waals surface area contributed by atoms with Crippen molar-refractivity contribution in [3.8, 4) is 0 Å². The van der Waals surface area contributed by atoms with Crippen LogP contribution in [-0.4, -0.2) is 22.2 Å². The van der Waals surface area contributed by atoms with E-state index in [0.29, 0.717) is 11.0 Å². The summed E-state index contributed by atoms with van der Waals surface area (Å²) < 4.78 is 1.66. The summed E-state index contributed by atoms with van der Waals surface area (Å²) in [7, 11) is 0. The lowest BCUT2D eigenvalue weighted by Gasteiger charge is -2.35. The second-order valence-corrected chi connectivity index (χ2v) is 9.56. The Balaban J connectivity index is 1.91. The fraction of sp³-hybridized carbons (Fsp3) is 0.577. The van der Waals surface area contributed by atoms with Gasteiger partial charge in [-0.1, -0.05) is 36.6 Å². The van der Waals surface area contributed by atoms with Crippen LogP contribution in [0.15, 0.2) is 41.1 Å². The van der Waals surface area contributed by atoms with E-state index in [1.165, 1.54) is 24.8 Å². The van der Waals surface area contributed by atoms with Crippen molar-refractivity contribution in [1.29, 1.82) is 0 Å². The number of nitrogens with zero attached hydrogens (tertiary/aromatic N) is 1. The van der Waals surface area contributed by atoms with Crippen LogP contribution < -0.4 is 4.57 Å². The molecule has 1 aromatic rings. The average Bonchev–Trinajstić information content (AvgIpc) is 2.64. The number of rotatable bonds is 11. The Labute approximate surface area is 186 Å². The number of allylic oxidation sites excluding steroid dienone is 4. The van der Waals surface area contributed by atoms with E-state index in [-0.39, 0.29) is 13.0 Å². The quantitative estimate of drug-likeness (QED) is 0.286. The number of hydrogen-bond acceptors (Lipinski definition) is 2. The molecule has 170 valence electrons. The minimum Gasteiger partial charge on any atom is -0.481 e. The Bertz CT molecular complexity index is 864. The van der Waals surface area contributed by atoms with Crippen molar-refractivity contribution in [3.05, 3.63) is 52.4 Å². The van der Waals surface area contributed by atoms with Crippen molar-refractivity contribution in [3.63, 3.8) is 0 Å². The van der Waals surface area contributed by atoms with Crippen LogP contribution in [0.3, 0.4) is 0 Å². The van der Waals surface area contributed by atoms with E-state index in [1.54, 1.807) is 28.0 Å². The Morgan fingerprint density at radius 1 is 1.16 bits per heavy atom. The van der Waals surface area contributed by atoms with E-state index in [4.69, 9.17) is 5.11 Å². The predicted molar refractivity (Wildman–Crippen MR) is 122 cm³/mol. The first-order valence-corrected chi connectivity index (χ1v) is 11.4. The topological polar surface area (TPSA) is 78.5 Å². The number of aliphatic carboxylic acids is 2. The molecule has 5 heteroatoms. The van der Waals surface area contributed by atoms with Crippen LogP contribution in [0, 0.1) is 5.41 Å². The minimum atomic E-state index is -0.926. The van der Waals surface area contributed by atoms with Gasteiger partial charge in [-0.15, -0.1) is 0 Å². The maximum Gasteiger partial charge on any atom is 0.370 e. The number of pyridine rings is 1. The number of unbranched alkanes of at least 4 members (excludes halogenated alkanes) is 1. The van der Waals surface area contributed by atoms with Crippen LogP contribution in [-0.2, 0) is 29.0 Å². The lowest BCUT2D eigenvalue weighted by Crippen LogP contribution is -2.42. The second kappa shape index (κ2) is 11.3. The zero-order chi connectivity index (χ0) is 23.0. The molecule has 5 nitrogen and oxygen atoms in total. The maximum absolute atomic E-state index is 11.2. The zero-order valence-electron chi connectivity index (χ0n) is 19.5. The first kappa shape index (κ1) is 24.8. The monoisotopic (exact) mass is 428 g/mol. The molecule has 1 aliphatic carbocycles. The highest BCUT2D eigenvalue weighted by Gasteiger charge is 2.27. The number of carbonyl (C=O) groups is 2. The molecule has 1 aliphatic rings. The number of carboxylic acid groups (broad SMARTS) is 2. The number of aromatic nitrogens is 1. The molecule has 0 unspecified atom stereocenters. The molecule has 0 fully saturated rings. The summed E-state index contributed by atoms with van der Waals surface area (Å²) in [5, 5.41) is 18.1. The van der Waals surface area contributed by atoms with Gasteiger partial charge < -0.3 is 10.2 Å². The maximum atomic E-state index is 11.2. The third-order valence-electron chi connectivity index (χ3n) is 6.43. The molecule has 2 rings (SSSR count). The number of carboxylic acids is 2. The van der Waals surface area contributed by atoms with E-state index in [0.717, 1.165) is 37.8 Å². The molecule has 0 bridgehead atoms. The molecule has 0 saturated carbocycles. The second-order valence-electron chi connectivity index (χ2n) is 9.56. The van der Waals surface area contributed by atoms with Crippen molar-refractivity contribution < 1.29 is 24.4 Å². The fourth-order valence-electron chi connectivity index (χ4n) is 4.71. The molecule has 0 atom stereocenters. The van der Waals surface area contributed by atoms with Crippen molar-refractivity contribution in [2.24, 2.45) is 5.41 Å². The average molecular weight is 429 g/mol. The summed E-state index contributed by atoms with van der Waals surface area (Å²) in [4.78, 5) is 22.1. The lowest BCUT2D eigenvalue weighted by molar-refractivity contribution is -0.693. The van der Waals surface area contributed by atoms with Gasteiger partial charge in [0.15, 0.2) is 11.9 Å². The highest BCUT2D eigenvalue weighted by Crippen LogP contribution is 2.42. The highest BCUT2D eigenvalue weighted by molar-refractivity contribution is 5.69. The molecule has 0 aromatic carbocycles. The summed E-state index contributed by atoms with van der Waals surface area (Å²) in [6.45, 7) is 9.10. The number of aryl methyl sites for hydroxylation is 1. The van der Waals surface area contributed by atoms with Crippen LogP contribution >= 0.6 is 0 Å². The van der Waals surface area contributed by atoms with Gasteiger partial charge in [-0.3, -0.25) is 4.79 Å². The van der Waals surface area contributed by atoms with Crippen molar-refractivity contribution in [1.82, 2.24) is 0 Å². The molecular weight excluding hydrogens is 390 g/mol. The van der Waals surface area contributed by atoms with E-state index >= 15 is 0 Å². The summed E-state index contributed by atoms with van der Waals surface area (Å²) in [6, 6.07) is 3.64. The van der Waals surface area contributed by atoms with Crippen molar-refractivity contribution >= 4 is 11.9 Å². The van der Waals surface area contributed by atoms with Gasteiger partial charge in [0, 0.05) is 18.1 Å². The fourth-order valence-corrected chi connectivity index (χ4v) is 4.71. The zero-order valence-corrected chi connectivity index (χ0v) is 19.5. The molecule has 31 heavy (non-hydrogen) atoms. The van der Waals surface area contributed by atoms with Gasteiger partial charge in [-0.05, 0) is 70.3 Å². The molecule has 0 radical (unpaired) electrons. The van der Waals surface area contributed by atoms with Gasteiger partial charge in [-0.2, -0.15) is 4.57 Å². The summed E-state index contributed by atoms with van der Waals surface area (Å²) in [6.07, 6.45) is 12.6. The predicted octanol–water partition coefficient (Wildman–Crippen LogP) is 5.26. The smallest absolute Gasteiger partial charge is 0.370 e. The van der Waals surface area contributed by atoms with Crippen LogP contribution in [0.4, 0.5) is 0 Å². The third kappa shape index (κ3) is 7.97. The van der Waals surface area contributed by atoms with Gasteiger partial charge >= 0.3 is 11.9 Å². The molecule has 0 spiro atoms. The number of hydrogen-bond donors (Lipinski definition) is 2. The normalized spacial score (nSPS) is 16.5. The van der Waals surface area contributed by atoms with Gasteiger partial charge in [-0.25, -0.2) is 4.79 Å². The van der Waals surface area contributed by atoms with Gasteiger partial charge in [0.2, 0.25) is 6.54 Å². The molecule has 1 aromatic heterocycles. The van der Waals surface area contributed by atoms with Crippen LogP contribution in [0.2, 0.25) is 0 Å². The molecule has 0 aliphatic heterocycles. The van der Waals surface area contributed by atoms with E-state index in [1.807, 2.05) is 6.07 Å². The summed E-state index contributed by atoms with van der Waals surface area (Å²) in [5.74, 6) is -1.84.